The van der Waals surface area contributed by atoms with E-state index in [2.05, 4.69) is 30.0 Å². The number of hydrogen-bond acceptors (Lipinski definition) is 3. The van der Waals surface area contributed by atoms with E-state index in [1.54, 1.807) is 4.57 Å². The quantitative estimate of drug-likeness (QED) is 0.788. The van der Waals surface area contributed by atoms with Gasteiger partial charge in [0.05, 0.1) is 5.69 Å². The number of fused-ring (bicyclic) bond motifs is 1. The normalized spacial score (nSPS) is 22.4. The summed E-state index contributed by atoms with van der Waals surface area (Å²) in [6.07, 6.45) is 10.8. The molecule has 0 amide bonds. The zero-order valence-corrected chi connectivity index (χ0v) is 17.9. The monoisotopic (exact) mass is 411 g/mol. The molecule has 162 valence electrons. The lowest BCUT2D eigenvalue weighted by atomic mass is 9.83. The van der Waals surface area contributed by atoms with Gasteiger partial charge in [-0.2, -0.15) is 0 Å². The molecule has 0 saturated heterocycles. The molecule has 2 aliphatic rings. The average Bonchev–Trinajstić information content (AvgIpc) is 3.01. The number of carbonyl (C=O) groups is 1. The molecule has 6 heteroatoms. The maximum atomic E-state index is 13.1. The molecule has 2 heterocycles. The van der Waals surface area contributed by atoms with Crippen LogP contribution in [0.15, 0.2) is 35.4 Å². The summed E-state index contributed by atoms with van der Waals surface area (Å²) in [6, 6.07) is 6.69. The highest BCUT2D eigenvalue weighted by atomic mass is 16.4. The highest BCUT2D eigenvalue weighted by Gasteiger charge is 2.24. The van der Waals surface area contributed by atoms with E-state index < -0.39 is 5.97 Å². The lowest BCUT2D eigenvalue weighted by Crippen LogP contribution is -2.29. The van der Waals surface area contributed by atoms with Crippen LogP contribution in [0.5, 0.6) is 0 Å². The molecule has 0 radical (unpaired) electrons. The average molecular weight is 412 g/mol. The van der Waals surface area contributed by atoms with Crippen molar-refractivity contribution in [3.63, 3.8) is 0 Å². The van der Waals surface area contributed by atoms with Crippen molar-refractivity contribution in [3.05, 3.63) is 52.2 Å². The summed E-state index contributed by atoms with van der Waals surface area (Å²) in [5.74, 6) is -0.240. The van der Waals surface area contributed by atoms with Crippen LogP contribution < -0.4 is 5.69 Å². The second-order valence-corrected chi connectivity index (χ2v) is 8.85. The largest absolute Gasteiger partial charge is 0.481 e. The lowest BCUT2D eigenvalue weighted by Gasteiger charge is -2.28. The second kappa shape index (κ2) is 9.21. The van der Waals surface area contributed by atoms with Crippen molar-refractivity contribution in [1.82, 2.24) is 14.0 Å². The second-order valence-electron chi connectivity index (χ2n) is 8.85. The van der Waals surface area contributed by atoms with E-state index in [0.717, 1.165) is 70.3 Å². The molecule has 6 nitrogen and oxygen atoms in total. The Kier molecular flexibility index (Phi) is 6.42. The zero-order chi connectivity index (χ0) is 21.1. The number of aromatic nitrogens is 2. The Bertz CT molecular complexity index is 937. The van der Waals surface area contributed by atoms with Gasteiger partial charge in [0.15, 0.2) is 0 Å². The van der Waals surface area contributed by atoms with E-state index in [4.69, 9.17) is 5.11 Å². The van der Waals surface area contributed by atoms with Crippen LogP contribution in [-0.4, -0.2) is 44.7 Å². The first-order chi connectivity index (χ1) is 14.5. The first-order valence-corrected chi connectivity index (χ1v) is 11.4. The molecule has 2 aromatic rings. The molecule has 0 atom stereocenters. The van der Waals surface area contributed by atoms with Gasteiger partial charge in [-0.05, 0) is 80.7 Å². The molecular weight excluding hydrogens is 378 g/mol. The predicted molar refractivity (Wildman–Crippen MR) is 117 cm³/mol. The number of carboxylic acids is 1. The third-order valence-corrected chi connectivity index (χ3v) is 7.09. The van der Waals surface area contributed by atoms with Gasteiger partial charge in [0.25, 0.3) is 0 Å². The number of carboxylic acid groups (broad SMARTS) is 1. The highest BCUT2D eigenvalue weighted by molar-refractivity contribution is 5.66. The Hall–Kier alpha value is -2.34. The minimum Gasteiger partial charge on any atom is -0.481 e. The minimum atomic E-state index is -0.714. The Balaban J connectivity index is 1.46. The fourth-order valence-electron chi connectivity index (χ4n) is 5.13. The molecule has 0 spiro atoms. The van der Waals surface area contributed by atoms with Crippen LogP contribution in [0, 0.1) is 5.92 Å². The molecule has 1 aromatic heterocycles. The highest BCUT2D eigenvalue weighted by Crippen LogP contribution is 2.34. The van der Waals surface area contributed by atoms with E-state index in [0.29, 0.717) is 5.92 Å². The Morgan fingerprint density at radius 1 is 1.07 bits per heavy atom. The summed E-state index contributed by atoms with van der Waals surface area (Å²) in [4.78, 5) is 26.4. The standard InChI is InChI=1S/C24H33N3O3/c1-2-25-13-11-19-6-9-22(17-20(19)12-14-25)27-16-15-26(24(27)30)21-7-3-18(4-8-21)5-10-23(28)29/h6,9,15-18,21H,2-5,7-8,10-14H2,1H3,(H,28,29). The number of nitrogens with zero attached hydrogens (tertiary/aromatic N) is 3. The molecule has 1 N–H and O–H groups in total. The number of hydrogen-bond donors (Lipinski definition) is 1. The molecule has 1 aliphatic heterocycles. The molecule has 0 unspecified atom stereocenters. The number of rotatable bonds is 6. The molecular formula is C24H33N3O3. The topological polar surface area (TPSA) is 67.5 Å². The van der Waals surface area contributed by atoms with Crippen LogP contribution in [0.3, 0.4) is 0 Å². The Morgan fingerprint density at radius 2 is 1.80 bits per heavy atom. The number of benzene rings is 1. The summed E-state index contributed by atoms with van der Waals surface area (Å²) in [7, 11) is 0. The van der Waals surface area contributed by atoms with Crippen molar-refractivity contribution in [2.24, 2.45) is 5.92 Å². The SMILES string of the molecule is CCN1CCc2ccc(-n3ccn(C4CCC(CCC(=O)O)CC4)c3=O)cc2CC1. The van der Waals surface area contributed by atoms with Gasteiger partial charge in [-0.1, -0.05) is 13.0 Å². The molecule has 1 aliphatic carbocycles. The van der Waals surface area contributed by atoms with E-state index in [1.807, 2.05) is 17.0 Å². The van der Waals surface area contributed by atoms with Gasteiger partial charge < -0.3 is 10.0 Å². The molecule has 4 rings (SSSR count). The summed E-state index contributed by atoms with van der Waals surface area (Å²) in [5.41, 5.74) is 3.76. The molecule has 0 bridgehead atoms. The van der Waals surface area contributed by atoms with Crippen molar-refractivity contribution in [3.8, 4) is 5.69 Å². The van der Waals surface area contributed by atoms with E-state index in [-0.39, 0.29) is 18.2 Å². The van der Waals surface area contributed by atoms with Gasteiger partial charge in [0.1, 0.15) is 0 Å². The van der Waals surface area contributed by atoms with Crippen LogP contribution >= 0.6 is 0 Å². The van der Waals surface area contributed by atoms with Crippen molar-refractivity contribution >= 4 is 5.97 Å². The van der Waals surface area contributed by atoms with Crippen LogP contribution in [0.2, 0.25) is 0 Å². The number of likely N-dealkylation sites (N-methyl/N-ethyl adjacent to an activating group) is 1. The van der Waals surface area contributed by atoms with Gasteiger partial charge in [-0.3, -0.25) is 13.9 Å². The Labute approximate surface area is 178 Å². The van der Waals surface area contributed by atoms with Crippen LogP contribution in [0.25, 0.3) is 5.69 Å². The maximum Gasteiger partial charge on any atom is 0.332 e. The zero-order valence-electron chi connectivity index (χ0n) is 17.9. The van der Waals surface area contributed by atoms with E-state index in [9.17, 15) is 9.59 Å². The molecule has 1 fully saturated rings. The van der Waals surface area contributed by atoms with Crippen molar-refractivity contribution in [2.45, 2.75) is 64.3 Å². The number of aliphatic carboxylic acids is 1. The third-order valence-electron chi connectivity index (χ3n) is 7.09. The number of imidazole rings is 1. The minimum absolute atomic E-state index is 0.0349. The summed E-state index contributed by atoms with van der Waals surface area (Å²) < 4.78 is 3.66. The van der Waals surface area contributed by atoms with Crippen molar-refractivity contribution in [1.29, 1.82) is 0 Å². The summed E-state index contributed by atoms with van der Waals surface area (Å²) in [6.45, 7) is 5.48. The first-order valence-electron chi connectivity index (χ1n) is 11.4. The van der Waals surface area contributed by atoms with E-state index in [1.165, 1.54) is 11.1 Å². The van der Waals surface area contributed by atoms with Gasteiger partial charge in [-0.15, -0.1) is 0 Å². The van der Waals surface area contributed by atoms with Crippen LogP contribution in [0.4, 0.5) is 0 Å². The summed E-state index contributed by atoms with van der Waals surface area (Å²) in [5, 5.41) is 8.89. The predicted octanol–water partition coefficient (Wildman–Crippen LogP) is 3.66. The fourth-order valence-corrected chi connectivity index (χ4v) is 5.13. The van der Waals surface area contributed by atoms with Crippen LogP contribution in [-0.2, 0) is 17.6 Å². The van der Waals surface area contributed by atoms with Gasteiger partial charge in [0.2, 0.25) is 0 Å². The van der Waals surface area contributed by atoms with Crippen molar-refractivity contribution < 1.29 is 9.90 Å². The van der Waals surface area contributed by atoms with E-state index >= 15 is 0 Å². The summed E-state index contributed by atoms with van der Waals surface area (Å²) >= 11 is 0. The third kappa shape index (κ3) is 4.53. The first kappa shape index (κ1) is 20.9. The molecule has 30 heavy (non-hydrogen) atoms. The fraction of sp³-hybridized carbons (Fsp3) is 0.583. The van der Waals surface area contributed by atoms with Gasteiger partial charge >= 0.3 is 11.7 Å². The molecule has 1 saturated carbocycles. The lowest BCUT2D eigenvalue weighted by molar-refractivity contribution is -0.137. The van der Waals surface area contributed by atoms with Crippen LogP contribution in [0.1, 0.15) is 62.6 Å². The maximum absolute atomic E-state index is 13.1. The van der Waals surface area contributed by atoms with Gasteiger partial charge in [-0.25, -0.2) is 4.79 Å². The molecule has 1 aromatic carbocycles. The smallest absolute Gasteiger partial charge is 0.332 e. The van der Waals surface area contributed by atoms with Gasteiger partial charge in [0, 0.05) is 37.9 Å². The van der Waals surface area contributed by atoms with Crippen molar-refractivity contribution in [2.75, 3.05) is 19.6 Å². The Morgan fingerprint density at radius 3 is 2.50 bits per heavy atom.